The van der Waals surface area contributed by atoms with Crippen LogP contribution in [0, 0.1) is 13.8 Å². The van der Waals surface area contributed by atoms with Crippen LogP contribution in [-0.4, -0.2) is 4.98 Å². The second kappa shape index (κ2) is 3.31. The number of nitrogens with zero attached hydrogens (tertiary/aromatic N) is 1. The Hall–Kier alpha value is -1.89. The van der Waals surface area contributed by atoms with E-state index in [1.807, 2.05) is 12.1 Å². The average molecular weight is 207 g/mol. The van der Waals surface area contributed by atoms with Crippen molar-refractivity contribution in [3.8, 4) is 11.3 Å². The highest BCUT2D eigenvalue weighted by atomic mass is 14.7. The Kier molecular flexibility index (Phi) is 1.93. The van der Waals surface area contributed by atoms with Crippen molar-refractivity contribution >= 4 is 10.9 Å². The first kappa shape index (κ1) is 9.34. The lowest BCUT2D eigenvalue weighted by Gasteiger charge is -1.98. The number of fused-ring (bicyclic) bond motifs is 3. The molecule has 1 aliphatic carbocycles. The summed E-state index contributed by atoms with van der Waals surface area (Å²) in [6, 6.07) is 14.8. The smallest absolute Gasteiger partial charge is 0.0745 e. The minimum Gasteiger partial charge on any atom is -0.247 e. The van der Waals surface area contributed by atoms with Crippen LogP contribution in [0.15, 0.2) is 42.5 Å². The van der Waals surface area contributed by atoms with E-state index in [4.69, 9.17) is 4.98 Å². The van der Waals surface area contributed by atoms with Gasteiger partial charge in [-0.3, -0.25) is 0 Å². The zero-order chi connectivity index (χ0) is 11.1. The van der Waals surface area contributed by atoms with Crippen LogP contribution >= 0.6 is 0 Å². The van der Waals surface area contributed by atoms with E-state index in [9.17, 15) is 0 Å². The van der Waals surface area contributed by atoms with E-state index in [1.165, 1.54) is 22.1 Å². The largest absolute Gasteiger partial charge is 0.247 e. The molecule has 1 nitrogen and oxygen atoms in total. The molecule has 0 spiro atoms. The Morgan fingerprint density at radius 3 is 2.62 bits per heavy atom. The molecule has 1 heterocycles. The maximum Gasteiger partial charge on any atom is 0.0745 e. The fraction of sp³-hybridized carbons (Fsp3) is 0.133. The van der Waals surface area contributed by atoms with Gasteiger partial charge >= 0.3 is 0 Å². The quantitative estimate of drug-likeness (QED) is 0.543. The number of rotatable bonds is 0. The lowest BCUT2D eigenvalue weighted by Crippen LogP contribution is -1.78. The van der Waals surface area contributed by atoms with Crippen molar-refractivity contribution < 1.29 is 0 Å². The minimum atomic E-state index is 1.08. The molecule has 0 saturated carbocycles. The molecule has 0 saturated heterocycles. The van der Waals surface area contributed by atoms with Gasteiger partial charge in [0.1, 0.15) is 0 Å². The molecule has 1 heteroatoms. The Morgan fingerprint density at radius 1 is 0.938 bits per heavy atom. The van der Waals surface area contributed by atoms with Crippen molar-refractivity contribution in [1.82, 2.24) is 4.98 Å². The molecule has 3 rings (SSSR count). The molecule has 0 radical (unpaired) electrons. The predicted octanol–water partition coefficient (Wildman–Crippen LogP) is 3.96. The third kappa shape index (κ3) is 1.28. The van der Waals surface area contributed by atoms with E-state index in [0.717, 1.165) is 11.2 Å². The lowest BCUT2D eigenvalue weighted by molar-refractivity contribution is 1.39. The van der Waals surface area contributed by atoms with Crippen LogP contribution < -0.4 is 0 Å². The number of hydrogen-bond acceptors (Lipinski definition) is 1. The van der Waals surface area contributed by atoms with Crippen molar-refractivity contribution in [2.75, 3.05) is 0 Å². The zero-order valence-corrected chi connectivity index (χ0v) is 9.49. The van der Waals surface area contributed by atoms with Gasteiger partial charge in [-0.2, -0.15) is 0 Å². The molecule has 1 aliphatic heterocycles. The molecule has 0 fully saturated rings. The second-order valence-corrected chi connectivity index (χ2v) is 4.30. The van der Waals surface area contributed by atoms with E-state index >= 15 is 0 Å². The molecule has 1 aromatic rings. The van der Waals surface area contributed by atoms with Crippen LogP contribution in [0.3, 0.4) is 0 Å². The molecule has 0 unspecified atom stereocenters. The first-order valence-corrected chi connectivity index (χ1v) is 5.51. The first-order chi connectivity index (χ1) is 7.75. The minimum absolute atomic E-state index is 1.08. The maximum atomic E-state index is 4.70. The monoisotopic (exact) mass is 207 g/mol. The van der Waals surface area contributed by atoms with Gasteiger partial charge in [0.15, 0.2) is 0 Å². The summed E-state index contributed by atoms with van der Waals surface area (Å²) in [6.45, 7) is 4.26. The summed E-state index contributed by atoms with van der Waals surface area (Å²) < 4.78 is 0. The van der Waals surface area contributed by atoms with E-state index in [0.29, 0.717) is 0 Å². The van der Waals surface area contributed by atoms with Gasteiger partial charge in [-0.05, 0) is 31.5 Å². The van der Waals surface area contributed by atoms with E-state index in [-0.39, 0.29) is 0 Å². The third-order valence-electron chi connectivity index (χ3n) is 2.98. The van der Waals surface area contributed by atoms with Gasteiger partial charge in [0.05, 0.1) is 11.2 Å². The molecule has 0 bridgehead atoms. The van der Waals surface area contributed by atoms with Gasteiger partial charge in [0.25, 0.3) is 0 Å². The van der Waals surface area contributed by atoms with Crippen molar-refractivity contribution in [1.29, 1.82) is 0 Å². The van der Waals surface area contributed by atoms with Crippen LogP contribution in [0.5, 0.6) is 0 Å². The molecular weight excluding hydrogens is 194 g/mol. The summed E-state index contributed by atoms with van der Waals surface area (Å²) in [4.78, 5) is 4.70. The molecule has 2 aliphatic rings. The average Bonchev–Trinajstić information content (AvgIpc) is 2.46. The second-order valence-electron chi connectivity index (χ2n) is 4.30. The van der Waals surface area contributed by atoms with E-state index < -0.39 is 0 Å². The van der Waals surface area contributed by atoms with Crippen LogP contribution in [-0.2, 0) is 0 Å². The van der Waals surface area contributed by atoms with Gasteiger partial charge in [0.2, 0.25) is 0 Å². The van der Waals surface area contributed by atoms with Gasteiger partial charge in [-0.1, -0.05) is 35.9 Å². The van der Waals surface area contributed by atoms with Crippen molar-refractivity contribution in [3.05, 3.63) is 53.6 Å². The standard InChI is InChI=1S/C15H13N/c1-10-8-11(2)15-13(9-10)12-6-4-3-5-7-14(12)16-15/h3-9H,1-2H3. The molecule has 78 valence electrons. The zero-order valence-electron chi connectivity index (χ0n) is 9.49. The summed E-state index contributed by atoms with van der Waals surface area (Å²) in [5.41, 5.74) is 6.01. The highest BCUT2D eigenvalue weighted by Crippen LogP contribution is 2.32. The van der Waals surface area contributed by atoms with Gasteiger partial charge in [-0.15, -0.1) is 0 Å². The number of hydrogen-bond donors (Lipinski definition) is 0. The SMILES string of the molecule is Cc1cc(C)c2nc3cccccc-3c2c1. The predicted molar refractivity (Wildman–Crippen MR) is 67.8 cm³/mol. The molecular formula is C15H13N. The molecule has 0 N–H and O–H groups in total. The Balaban J connectivity index is 2.52. The molecule has 0 amide bonds. The summed E-state index contributed by atoms with van der Waals surface area (Å²) in [6.07, 6.45) is 0. The summed E-state index contributed by atoms with van der Waals surface area (Å²) in [7, 11) is 0. The summed E-state index contributed by atoms with van der Waals surface area (Å²) >= 11 is 0. The number of aromatic nitrogens is 1. The molecule has 16 heavy (non-hydrogen) atoms. The lowest BCUT2D eigenvalue weighted by atomic mass is 10.1. The molecule has 0 aromatic heterocycles. The van der Waals surface area contributed by atoms with Gasteiger partial charge in [0, 0.05) is 10.9 Å². The maximum absolute atomic E-state index is 4.70. The number of benzene rings is 1. The van der Waals surface area contributed by atoms with Gasteiger partial charge < -0.3 is 0 Å². The van der Waals surface area contributed by atoms with Crippen LogP contribution in [0.4, 0.5) is 0 Å². The highest BCUT2D eigenvalue weighted by molar-refractivity contribution is 5.99. The highest BCUT2D eigenvalue weighted by Gasteiger charge is 2.11. The van der Waals surface area contributed by atoms with E-state index in [2.05, 4.69) is 44.2 Å². The topological polar surface area (TPSA) is 12.9 Å². The summed E-state index contributed by atoms with van der Waals surface area (Å²) in [5.74, 6) is 0. The van der Waals surface area contributed by atoms with Crippen molar-refractivity contribution in [2.24, 2.45) is 0 Å². The summed E-state index contributed by atoms with van der Waals surface area (Å²) in [5, 5.41) is 1.27. The fourth-order valence-corrected chi connectivity index (χ4v) is 2.30. The van der Waals surface area contributed by atoms with Crippen LogP contribution in [0.2, 0.25) is 0 Å². The van der Waals surface area contributed by atoms with Crippen LogP contribution in [0.1, 0.15) is 11.1 Å². The molecule has 1 aromatic carbocycles. The van der Waals surface area contributed by atoms with Crippen molar-refractivity contribution in [2.45, 2.75) is 13.8 Å². The number of aryl methyl sites for hydroxylation is 2. The first-order valence-electron chi connectivity index (χ1n) is 5.51. The fourth-order valence-electron chi connectivity index (χ4n) is 2.30. The van der Waals surface area contributed by atoms with Crippen molar-refractivity contribution in [3.63, 3.8) is 0 Å². The third-order valence-corrected chi connectivity index (χ3v) is 2.98. The normalized spacial score (nSPS) is 11.1. The van der Waals surface area contributed by atoms with Gasteiger partial charge in [-0.25, -0.2) is 4.98 Å². The van der Waals surface area contributed by atoms with E-state index in [1.54, 1.807) is 0 Å². The van der Waals surface area contributed by atoms with Crippen LogP contribution in [0.25, 0.3) is 22.2 Å². The Bertz CT molecular complexity index is 640. The Morgan fingerprint density at radius 2 is 1.75 bits per heavy atom. The Labute approximate surface area is 95.1 Å². The molecule has 0 atom stereocenters.